The number of aldehydes is 1. The van der Waals surface area contributed by atoms with E-state index < -0.39 is 0 Å². The standard InChI is InChI=1S/C15H27NO2/c1-12-3-6-15(11-17,7-4-12)10-16-8-5-14(18)13(2)9-16/h11-14,18H,3-10H2,1-2H3. The molecule has 0 amide bonds. The molecule has 3 nitrogen and oxygen atoms in total. The minimum absolute atomic E-state index is 0.103. The van der Waals surface area contributed by atoms with Crippen molar-refractivity contribution < 1.29 is 9.90 Å². The zero-order valence-electron chi connectivity index (χ0n) is 11.8. The Morgan fingerprint density at radius 2 is 1.94 bits per heavy atom. The van der Waals surface area contributed by atoms with Gasteiger partial charge in [0.25, 0.3) is 0 Å². The Morgan fingerprint density at radius 3 is 2.50 bits per heavy atom. The molecular weight excluding hydrogens is 226 g/mol. The highest BCUT2D eigenvalue weighted by atomic mass is 16.3. The molecule has 1 aliphatic heterocycles. The summed E-state index contributed by atoms with van der Waals surface area (Å²) < 4.78 is 0. The molecule has 1 aliphatic carbocycles. The highest BCUT2D eigenvalue weighted by molar-refractivity contribution is 5.60. The van der Waals surface area contributed by atoms with E-state index in [4.69, 9.17) is 0 Å². The number of piperidine rings is 1. The molecule has 2 atom stereocenters. The minimum atomic E-state index is -0.153. The van der Waals surface area contributed by atoms with Gasteiger partial charge in [-0.2, -0.15) is 0 Å². The van der Waals surface area contributed by atoms with Crippen LogP contribution in [-0.2, 0) is 4.79 Å². The van der Waals surface area contributed by atoms with E-state index in [0.29, 0.717) is 5.92 Å². The number of hydrogen-bond donors (Lipinski definition) is 1. The molecule has 0 aromatic rings. The second kappa shape index (κ2) is 5.70. The van der Waals surface area contributed by atoms with Crippen LogP contribution in [0.2, 0.25) is 0 Å². The van der Waals surface area contributed by atoms with Crippen molar-refractivity contribution in [2.75, 3.05) is 19.6 Å². The summed E-state index contributed by atoms with van der Waals surface area (Å²) in [5.41, 5.74) is -0.103. The van der Waals surface area contributed by atoms with Crippen LogP contribution in [0.15, 0.2) is 0 Å². The molecule has 0 spiro atoms. The van der Waals surface area contributed by atoms with E-state index in [1.807, 2.05) is 0 Å². The van der Waals surface area contributed by atoms with Gasteiger partial charge in [0.2, 0.25) is 0 Å². The van der Waals surface area contributed by atoms with E-state index in [1.165, 1.54) is 19.1 Å². The van der Waals surface area contributed by atoms with Crippen molar-refractivity contribution in [1.29, 1.82) is 0 Å². The van der Waals surface area contributed by atoms with Crippen LogP contribution in [0.3, 0.4) is 0 Å². The molecule has 1 heterocycles. The van der Waals surface area contributed by atoms with Gasteiger partial charge in [-0.15, -0.1) is 0 Å². The Morgan fingerprint density at radius 1 is 1.28 bits per heavy atom. The van der Waals surface area contributed by atoms with Crippen LogP contribution in [0.1, 0.15) is 46.0 Å². The monoisotopic (exact) mass is 253 g/mol. The van der Waals surface area contributed by atoms with Crippen molar-refractivity contribution in [2.24, 2.45) is 17.3 Å². The number of aliphatic hydroxyl groups is 1. The number of hydrogen-bond acceptors (Lipinski definition) is 3. The van der Waals surface area contributed by atoms with Crippen LogP contribution in [-0.4, -0.2) is 42.0 Å². The predicted octanol–water partition coefficient (Wildman–Crippen LogP) is 2.08. The normalized spacial score (nSPS) is 42.7. The first-order valence-electron chi connectivity index (χ1n) is 7.41. The largest absolute Gasteiger partial charge is 0.393 e. The smallest absolute Gasteiger partial charge is 0.127 e. The van der Waals surface area contributed by atoms with Crippen LogP contribution in [0.5, 0.6) is 0 Å². The van der Waals surface area contributed by atoms with Crippen molar-refractivity contribution in [1.82, 2.24) is 4.90 Å². The molecular formula is C15H27NO2. The number of carbonyl (C=O) groups excluding carboxylic acids is 1. The lowest BCUT2D eigenvalue weighted by molar-refractivity contribution is -0.120. The molecule has 1 saturated carbocycles. The second-order valence-corrected chi connectivity index (χ2v) is 6.73. The number of likely N-dealkylation sites (tertiary alicyclic amines) is 1. The average molecular weight is 253 g/mol. The first-order valence-corrected chi connectivity index (χ1v) is 7.41. The number of aliphatic hydroxyl groups excluding tert-OH is 1. The lowest BCUT2D eigenvalue weighted by Crippen LogP contribution is -2.48. The molecule has 2 fully saturated rings. The highest BCUT2D eigenvalue weighted by Gasteiger charge is 2.37. The number of nitrogens with zero attached hydrogens (tertiary/aromatic N) is 1. The van der Waals surface area contributed by atoms with Crippen LogP contribution in [0.4, 0.5) is 0 Å². The van der Waals surface area contributed by atoms with E-state index >= 15 is 0 Å². The van der Waals surface area contributed by atoms with Crippen molar-refractivity contribution in [3.05, 3.63) is 0 Å². The molecule has 2 rings (SSSR count). The third-order valence-corrected chi connectivity index (χ3v) is 5.00. The quantitative estimate of drug-likeness (QED) is 0.783. The Hall–Kier alpha value is -0.410. The van der Waals surface area contributed by atoms with E-state index in [2.05, 4.69) is 18.7 Å². The minimum Gasteiger partial charge on any atom is -0.393 e. The molecule has 0 radical (unpaired) electrons. The third kappa shape index (κ3) is 3.12. The van der Waals surface area contributed by atoms with Crippen molar-refractivity contribution in [2.45, 2.75) is 52.1 Å². The molecule has 0 bridgehead atoms. The van der Waals surface area contributed by atoms with Gasteiger partial charge in [0.15, 0.2) is 0 Å². The molecule has 3 heteroatoms. The summed E-state index contributed by atoms with van der Waals surface area (Å²) in [6, 6.07) is 0. The number of rotatable bonds is 3. The van der Waals surface area contributed by atoms with Crippen molar-refractivity contribution in [3.63, 3.8) is 0 Å². The molecule has 0 aromatic carbocycles. The Balaban J connectivity index is 1.92. The van der Waals surface area contributed by atoms with E-state index in [9.17, 15) is 9.90 Å². The van der Waals surface area contributed by atoms with Gasteiger partial charge in [-0.05, 0) is 43.9 Å². The average Bonchev–Trinajstić information content (AvgIpc) is 2.37. The van der Waals surface area contributed by atoms with Gasteiger partial charge < -0.3 is 14.8 Å². The molecule has 104 valence electrons. The lowest BCUT2D eigenvalue weighted by Gasteiger charge is -2.42. The zero-order valence-corrected chi connectivity index (χ0v) is 11.8. The van der Waals surface area contributed by atoms with Gasteiger partial charge in [0.1, 0.15) is 6.29 Å². The fourth-order valence-corrected chi connectivity index (χ4v) is 3.46. The summed E-state index contributed by atoms with van der Waals surface area (Å²) in [7, 11) is 0. The highest BCUT2D eigenvalue weighted by Crippen LogP contribution is 2.38. The summed E-state index contributed by atoms with van der Waals surface area (Å²) in [5, 5.41) is 9.76. The maximum atomic E-state index is 11.5. The summed E-state index contributed by atoms with van der Waals surface area (Å²) in [6.07, 6.45) is 6.38. The summed E-state index contributed by atoms with van der Waals surface area (Å²) in [4.78, 5) is 13.9. The van der Waals surface area contributed by atoms with Crippen LogP contribution in [0.25, 0.3) is 0 Å². The molecule has 1 saturated heterocycles. The van der Waals surface area contributed by atoms with E-state index in [0.717, 1.165) is 44.8 Å². The molecule has 0 aromatic heterocycles. The molecule has 1 N–H and O–H groups in total. The molecule has 2 aliphatic rings. The third-order valence-electron chi connectivity index (χ3n) is 5.00. The lowest BCUT2D eigenvalue weighted by atomic mass is 9.71. The maximum absolute atomic E-state index is 11.5. The zero-order chi connectivity index (χ0) is 13.2. The predicted molar refractivity (Wildman–Crippen MR) is 72.4 cm³/mol. The van der Waals surface area contributed by atoms with Gasteiger partial charge in [-0.25, -0.2) is 0 Å². The number of carbonyl (C=O) groups is 1. The topological polar surface area (TPSA) is 40.5 Å². The van der Waals surface area contributed by atoms with Crippen LogP contribution in [0, 0.1) is 17.3 Å². The van der Waals surface area contributed by atoms with E-state index in [1.54, 1.807) is 0 Å². The Bertz CT molecular complexity index is 284. The van der Waals surface area contributed by atoms with Crippen molar-refractivity contribution in [3.8, 4) is 0 Å². The van der Waals surface area contributed by atoms with E-state index in [-0.39, 0.29) is 11.5 Å². The van der Waals surface area contributed by atoms with Gasteiger partial charge in [-0.1, -0.05) is 13.8 Å². The fourth-order valence-electron chi connectivity index (χ4n) is 3.46. The Kier molecular flexibility index (Phi) is 4.44. The molecule has 2 unspecified atom stereocenters. The summed E-state index contributed by atoms with van der Waals surface area (Å²) in [6.45, 7) is 7.17. The van der Waals surface area contributed by atoms with Gasteiger partial charge >= 0.3 is 0 Å². The first-order chi connectivity index (χ1) is 8.54. The van der Waals surface area contributed by atoms with Crippen LogP contribution < -0.4 is 0 Å². The molecule has 18 heavy (non-hydrogen) atoms. The second-order valence-electron chi connectivity index (χ2n) is 6.73. The fraction of sp³-hybridized carbons (Fsp3) is 0.933. The summed E-state index contributed by atoms with van der Waals surface area (Å²) >= 11 is 0. The van der Waals surface area contributed by atoms with Gasteiger partial charge in [0, 0.05) is 25.0 Å². The van der Waals surface area contributed by atoms with Gasteiger partial charge in [-0.3, -0.25) is 0 Å². The van der Waals surface area contributed by atoms with Crippen LogP contribution >= 0.6 is 0 Å². The maximum Gasteiger partial charge on any atom is 0.127 e. The first kappa shape index (κ1) is 14.0. The van der Waals surface area contributed by atoms with Gasteiger partial charge in [0.05, 0.1) is 6.10 Å². The van der Waals surface area contributed by atoms with Crippen molar-refractivity contribution >= 4 is 6.29 Å². The Labute approximate surface area is 111 Å². The SMILES string of the molecule is CC1CCC(C=O)(CN2CCC(O)C(C)C2)CC1. The summed E-state index contributed by atoms with van der Waals surface area (Å²) in [5.74, 6) is 1.12.